The van der Waals surface area contributed by atoms with E-state index in [1.54, 1.807) is 12.0 Å². The summed E-state index contributed by atoms with van der Waals surface area (Å²) in [6.45, 7) is 1.23. The standard InChI is InChI=1S/C14H14BrNO2S2/c1-18-8-4-7-16-13(17)12(20-14(16)19)9-10-5-2-3-6-11(10)15/h2-3,5-6,9H,4,7-8H2,1H3/b12-9-. The highest BCUT2D eigenvalue weighted by atomic mass is 79.9. The summed E-state index contributed by atoms with van der Waals surface area (Å²) in [6.07, 6.45) is 2.66. The highest BCUT2D eigenvalue weighted by Gasteiger charge is 2.31. The van der Waals surface area contributed by atoms with Gasteiger partial charge in [-0.25, -0.2) is 0 Å². The predicted octanol–water partition coefficient (Wildman–Crippen LogP) is 3.69. The first kappa shape index (κ1) is 15.7. The molecule has 1 aliphatic rings. The molecule has 1 saturated heterocycles. The van der Waals surface area contributed by atoms with Crippen molar-refractivity contribution >= 4 is 56.2 Å². The summed E-state index contributed by atoms with van der Waals surface area (Å²) in [7, 11) is 1.65. The monoisotopic (exact) mass is 371 g/mol. The Labute approximate surface area is 136 Å². The summed E-state index contributed by atoms with van der Waals surface area (Å²) in [5, 5.41) is 0. The molecule has 1 amide bonds. The Bertz CT molecular complexity index is 560. The van der Waals surface area contributed by atoms with E-state index in [2.05, 4.69) is 15.9 Å². The number of carbonyl (C=O) groups is 1. The van der Waals surface area contributed by atoms with Crippen LogP contribution in [0.1, 0.15) is 12.0 Å². The predicted molar refractivity (Wildman–Crippen MR) is 90.5 cm³/mol. The van der Waals surface area contributed by atoms with Crippen LogP contribution in [0.2, 0.25) is 0 Å². The highest BCUT2D eigenvalue weighted by Crippen LogP contribution is 2.33. The average Bonchev–Trinajstić information content (AvgIpc) is 2.69. The molecular formula is C14H14BrNO2S2. The minimum Gasteiger partial charge on any atom is -0.385 e. The third-order valence-corrected chi connectivity index (χ3v) is 4.90. The Balaban J connectivity index is 2.13. The van der Waals surface area contributed by atoms with Gasteiger partial charge in [-0.15, -0.1) is 0 Å². The molecule has 0 bridgehead atoms. The van der Waals surface area contributed by atoms with Crippen LogP contribution in [-0.4, -0.2) is 35.4 Å². The number of rotatable bonds is 5. The summed E-state index contributed by atoms with van der Waals surface area (Å²) in [5.41, 5.74) is 0.977. The van der Waals surface area contributed by atoms with Gasteiger partial charge in [-0.3, -0.25) is 9.69 Å². The number of thioether (sulfide) groups is 1. The smallest absolute Gasteiger partial charge is 0.266 e. The minimum absolute atomic E-state index is 0.0214. The van der Waals surface area contributed by atoms with Crippen LogP contribution >= 0.6 is 39.9 Å². The Morgan fingerprint density at radius 2 is 2.20 bits per heavy atom. The van der Waals surface area contributed by atoms with Crippen molar-refractivity contribution in [3.05, 3.63) is 39.2 Å². The van der Waals surface area contributed by atoms with Gasteiger partial charge in [-0.2, -0.15) is 0 Å². The van der Waals surface area contributed by atoms with Crippen molar-refractivity contribution in [2.24, 2.45) is 0 Å². The van der Waals surface area contributed by atoms with E-state index in [-0.39, 0.29) is 5.91 Å². The minimum atomic E-state index is -0.0214. The Morgan fingerprint density at radius 1 is 1.45 bits per heavy atom. The van der Waals surface area contributed by atoms with Gasteiger partial charge in [0.1, 0.15) is 4.32 Å². The summed E-state index contributed by atoms with van der Waals surface area (Å²) < 4.78 is 6.58. The number of hydrogen-bond acceptors (Lipinski definition) is 4. The summed E-state index contributed by atoms with van der Waals surface area (Å²) in [6, 6.07) is 7.79. The maximum Gasteiger partial charge on any atom is 0.266 e. The molecule has 2 rings (SSSR count). The Kier molecular flexibility index (Phi) is 5.77. The molecule has 6 heteroatoms. The van der Waals surface area contributed by atoms with E-state index in [1.807, 2.05) is 30.3 Å². The molecule has 106 valence electrons. The van der Waals surface area contributed by atoms with Crippen molar-refractivity contribution in [2.45, 2.75) is 6.42 Å². The molecule has 0 spiro atoms. The topological polar surface area (TPSA) is 29.5 Å². The number of ether oxygens (including phenoxy) is 1. The van der Waals surface area contributed by atoms with E-state index in [9.17, 15) is 4.79 Å². The van der Waals surface area contributed by atoms with Crippen LogP contribution in [0.15, 0.2) is 33.6 Å². The van der Waals surface area contributed by atoms with E-state index < -0.39 is 0 Å². The summed E-state index contributed by atoms with van der Waals surface area (Å²) in [5.74, 6) is -0.0214. The lowest BCUT2D eigenvalue weighted by Crippen LogP contribution is -2.29. The second-order valence-corrected chi connectivity index (χ2v) is 6.73. The molecule has 0 N–H and O–H groups in total. The first-order valence-corrected chi connectivity index (χ1v) is 8.14. The molecule has 1 aliphatic heterocycles. The number of carbonyl (C=O) groups excluding carboxylic acids is 1. The SMILES string of the molecule is COCCCN1C(=O)/C(=C/c2ccccc2Br)SC1=S. The van der Waals surface area contributed by atoms with Crippen molar-refractivity contribution in [1.82, 2.24) is 4.90 Å². The highest BCUT2D eigenvalue weighted by molar-refractivity contribution is 9.10. The summed E-state index contributed by atoms with van der Waals surface area (Å²) in [4.78, 5) is 14.6. The normalized spacial score (nSPS) is 17.3. The number of benzene rings is 1. The molecule has 0 aromatic heterocycles. The molecule has 0 radical (unpaired) electrons. The van der Waals surface area contributed by atoms with Gasteiger partial charge in [0, 0.05) is 24.7 Å². The van der Waals surface area contributed by atoms with Crippen LogP contribution < -0.4 is 0 Å². The number of halogens is 1. The first-order valence-electron chi connectivity index (χ1n) is 6.12. The van der Waals surface area contributed by atoms with Gasteiger partial charge < -0.3 is 4.74 Å². The quantitative estimate of drug-likeness (QED) is 0.448. The lowest BCUT2D eigenvalue weighted by atomic mass is 10.2. The van der Waals surface area contributed by atoms with Crippen LogP contribution in [0.3, 0.4) is 0 Å². The van der Waals surface area contributed by atoms with Crippen LogP contribution in [0, 0.1) is 0 Å². The molecule has 0 saturated carbocycles. The molecule has 20 heavy (non-hydrogen) atoms. The number of amides is 1. The van der Waals surface area contributed by atoms with Gasteiger partial charge in [0.15, 0.2) is 0 Å². The van der Waals surface area contributed by atoms with Crippen molar-refractivity contribution in [3.63, 3.8) is 0 Å². The maximum atomic E-state index is 12.3. The zero-order valence-corrected chi connectivity index (χ0v) is 14.2. The van der Waals surface area contributed by atoms with E-state index in [1.165, 1.54) is 11.8 Å². The number of hydrogen-bond donors (Lipinski definition) is 0. The number of thiocarbonyl (C=S) groups is 1. The van der Waals surface area contributed by atoms with Crippen LogP contribution in [0.4, 0.5) is 0 Å². The Hall–Kier alpha value is -0.690. The van der Waals surface area contributed by atoms with Crippen molar-refractivity contribution in [3.8, 4) is 0 Å². The van der Waals surface area contributed by atoms with Gasteiger partial charge in [0.2, 0.25) is 0 Å². The van der Waals surface area contributed by atoms with E-state index in [4.69, 9.17) is 17.0 Å². The fourth-order valence-corrected chi connectivity index (χ4v) is 3.49. The zero-order valence-electron chi connectivity index (χ0n) is 11.0. The second-order valence-electron chi connectivity index (χ2n) is 4.20. The fourth-order valence-electron chi connectivity index (χ4n) is 1.79. The number of nitrogens with zero attached hydrogens (tertiary/aromatic N) is 1. The average molecular weight is 372 g/mol. The van der Waals surface area contributed by atoms with Crippen molar-refractivity contribution < 1.29 is 9.53 Å². The van der Waals surface area contributed by atoms with Crippen LogP contribution in [0.5, 0.6) is 0 Å². The van der Waals surface area contributed by atoms with Crippen LogP contribution in [0.25, 0.3) is 6.08 Å². The molecular weight excluding hydrogens is 358 g/mol. The van der Waals surface area contributed by atoms with Gasteiger partial charge in [0.25, 0.3) is 5.91 Å². The third kappa shape index (κ3) is 3.69. The molecule has 1 heterocycles. The van der Waals surface area contributed by atoms with Gasteiger partial charge >= 0.3 is 0 Å². The zero-order chi connectivity index (χ0) is 14.5. The molecule has 0 atom stereocenters. The van der Waals surface area contributed by atoms with Crippen molar-refractivity contribution in [2.75, 3.05) is 20.3 Å². The van der Waals surface area contributed by atoms with E-state index in [0.29, 0.717) is 22.4 Å². The lowest BCUT2D eigenvalue weighted by Gasteiger charge is -2.13. The van der Waals surface area contributed by atoms with Gasteiger partial charge in [-0.1, -0.05) is 58.1 Å². The van der Waals surface area contributed by atoms with Crippen molar-refractivity contribution in [1.29, 1.82) is 0 Å². The molecule has 1 aromatic rings. The van der Waals surface area contributed by atoms with Crippen LogP contribution in [-0.2, 0) is 9.53 Å². The maximum absolute atomic E-state index is 12.3. The van der Waals surface area contributed by atoms with E-state index >= 15 is 0 Å². The molecule has 1 fully saturated rings. The third-order valence-electron chi connectivity index (χ3n) is 2.80. The number of methoxy groups -OCH3 is 1. The van der Waals surface area contributed by atoms with E-state index in [0.717, 1.165) is 16.5 Å². The first-order chi connectivity index (χ1) is 9.63. The molecule has 0 aliphatic carbocycles. The second kappa shape index (κ2) is 7.36. The molecule has 3 nitrogen and oxygen atoms in total. The Morgan fingerprint density at radius 3 is 2.90 bits per heavy atom. The summed E-state index contributed by atoms with van der Waals surface area (Å²) >= 11 is 10.1. The molecule has 0 unspecified atom stereocenters. The van der Waals surface area contributed by atoms with Gasteiger partial charge in [-0.05, 0) is 24.1 Å². The fraction of sp³-hybridized carbons (Fsp3) is 0.286. The largest absolute Gasteiger partial charge is 0.385 e. The molecule has 1 aromatic carbocycles. The lowest BCUT2D eigenvalue weighted by molar-refractivity contribution is -0.122. The van der Waals surface area contributed by atoms with Gasteiger partial charge in [0.05, 0.1) is 4.91 Å².